The van der Waals surface area contributed by atoms with Crippen LogP contribution in [0.4, 0.5) is 5.82 Å². The van der Waals surface area contributed by atoms with Crippen molar-refractivity contribution in [2.24, 2.45) is 0 Å². The van der Waals surface area contributed by atoms with Crippen molar-refractivity contribution in [3.63, 3.8) is 0 Å². The summed E-state index contributed by atoms with van der Waals surface area (Å²) < 4.78 is 13.0. The number of rotatable bonds is 6. The summed E-state index contributed by atoms with van der Waals surface area (Å²) in [6, 6.07) is 7.26. The van der Waals surface area contributed by atoms with Gasteiger partial charge in [-0.05, 0) is 49.6 Å². The molecule has 2 aliphatic rings. The summed E-state index contributed by atoms with van der Waals surface area (Å²) in [4.78, 5) is 33.1. The third-order valence-corrected chi connectivity index (χ3v) is 7.03. The molecule has 3 aromatic heterocycles. The molecule has 1 amide bonds. The summed E-state index contributed by atoms with van der Waals surface area (Å²) in [6.07, 6.45) is 6.87. The minimum Gasteiger partial charge on any atom is -0.467 e. The number of thiocarbonyl (C=S) groups is 1. The van der Waals surface area contributed by atoms with Gasteiger partial charge in [0.15, 0.2) is 0 Å². The highest BCUT2D eigenvalue weighted by Gasteiger charge is 2.33. The molecule has 0 spiro atoms. The average Bonchev–Trinajstić information content (AvgIpc) is 3.55. The quantitative estimate of drug-likeness (QED) is 0.421. The lowest BCUT2D eigenvalue weighted by Gasteiger charge is -2.15. The van der Waals surface area contributed by atoms with Crippen LogP contribution in [0.25, 0.3) is 11.7 Å². The number of thioether (sulfide) groups is 1. The Balaban J connectivity index is 1.53. The first-order chi connectivity index (χ1) is 16.0. The summed E-state index contributed by atoms with van der Waals surface area (Å²) in [5, 5.41) is 3.29. The Labute approximate surface area is 199 Å². The Hall–Kier alpha value is -2.95. The molecule has 10 heteroatoms. The fraction of sp³-hybridized carbons (Fsp3) is 0.304. The second-order valence-electron chi connectivity index (χ2n) is 7.93. The number of anilines is 1. The summed E-state index contributed by atoms with van der Waals surface area (Å²) in [5.41, 5.74) is 1.51. The molecule has 5 rings (SSSR count). The highest BCUT2D eigenvalue weighted by Crippen LogP contribution is 2.34. The van der Waals surface area contributed by atoms with Crippen LogP contribution in [0.5, 0.6) is 0 Å². The number of pyridine rings is 1. The molecule has 8 nitrogen and oxygen atoms in total. The van der Waals surface area contributed by atoms with Gasteiger partial charge in [-0.2, -0.15) is 0 Å². The number of nitrogens with zero attached hydrogens (tertiary/aromatic N) is 3. The predicted molar refractivity (Wildman–Crippen MR) is 131 cm³/mol. The number of carbonyl (C=O) groups excluding carboxylic acids is 1. The van der Waals surface area contributed by atoms with Crippen LogP contribution >= 0.6 is 24.0 Å². The second kappa shape index (κ2) is 9.12. The lowest BCUT2D eigenvalue weighted by atomic mass is 10.2. The van der Waals surface area contributed by atoms with Gasteiger partial charge in [0, 0.05) is 19.3 Å². The van der Waals surface area contributed by atoms with E-state index in [1.165, 1.54) is 21.1 Å². The number of fused-ring (bicyclic) bond motifs is 1. The molecule has 0 aromatic carbocycles. The number of hydrogen-bond acceptors (Lipinski definition) is 8. The van der Waals surface area contributed by atoms with Gasteiger partial charge in [0.1, 0.15) is 21.5 Å². The second-order valence-corrected chi connectivity index (χ2v) is 9.60. The first kappa shape index (κ1) is 21.9. The van der Waals surface area contributed by atoms with E-state index in [4.69, 9.17) is 26.4 Å². The van der Waals surface area contributed by atoms with Crippen LogP contribution in [0.3, 0.4) is 0 Å². The number of carbonyl (C=O) groups is 1. The molecule has 2 fully saturated rings. The van der Waals surface area contributed by atoms with Crippen LogP contribution in [-0.4, -0.2) is 43.8 Å². The summed E-state index contributed by atoms with van der Waals surface area (Å²) >= 11 is 6.59. The molecule has 0 radical (unpaired) electrons. The highest BCUT2D eigenvalue weighted by molar-refractivity contribution is 8.26. The van der Waals surface area contributed by atoms with Crippen LogP contribution in [0.2, 0.25) is 0 Å². The van der Waals surface area contributed by atoms with Gasteiger partial charge in [-0.1, -0.05) is 30.0 Å². The van der Waals surface area contributed by atoms with Crippen molar-refractivity contribution in [3.05, 3.63) is 68.9 Å². The summed E-state index contributed by atoms with van der Waals surface area (Å²) in [6.45, 7) is 3.43. The van der Waals surface area contributed by atoms with E-state index in [-0.39, 0.29) is 24.1 Å². The maximum absolute atomic E-state index is 13.4. The fourth-order valence-electron chi connectivity index (χ4n) is 3.92. The van der Waals surface area contributed by atoms with Gasteiger partial charge >= 0.3 is 0 Å². The van der Waals surface area contributed by atoms with E-state index in [2.05, 4.69) is 5.32 Å². The standard InChI is InChI=1S/C23H22N4O4S2/c1-14-5-2-8-26-20(14)25-19(24-12-15-6-3-9-30-15)17(21(26)28)11-18-22(29)27(23(32)33-18)13-16-7-4-10-31-16/h2,4-5,7-8,10-11,15,24H,3,6,9,12-13H2,1H3/b18-11-/t15-/m0/s1. The minimum absolute atomic E-state index is 0.0708. The molecule has 0 unspecified atom stereocenters. The van der Waals surface area contributed by atoms with Crippen LogP contribution in [0, 0.1) is 6.92 Å². The van der Waals surface area contributed by atoms with Crippen molar-refractivity contribution in [2.45, 2.75) is 32.4 Å². The number of aryl methyl sites for hydroxylation is 1. The Kier molecular flexibility index (Phi) is 6.05. The predicted octanol–water partition coefficient (Wildman–Crippen LogP) is 3.59. The van der Waals surface area contributed by atoms with Crippen LogP contribution in [0.1, 0.15) is 29.7 Å². The molecule has 5 heterocycles. The molecule has 1 atom stereocenters. The molecule has 33 heavy (non-hydrogen) atoms. The van der Waals surface area contributed by atoms with E-state index < -0.39 is 0 Å². The zero-order chi connectivity index (χ0) is 22.9. The highest BCUT2D eigenvalue weighted by atomic mass is 32.2. The number of aromatic nitrogens is 2. The van der Waals surface area contributed by atoms with Crippen molar-refractivity contribution in [3.8, 4) is 0 Å². The van der Waals surface area contributed by atoms with Gasteiger partial charge in [-0.25, -0.2) is 4.98 Å². The number of nitrogens with one attached hydrogen (secondary N) is 1. The number of furan rings is 1. The van der Waals surface area contributed by atoms with E-state index in [1.54, 1.807) is 36.7 Å². The van der Waals surface area contributed by atoms with E-state index in [0.717, 1.165) is 25.0 Å². The fourth-order valence-corrected chi connectivity index (χ4v) is 5.15. The Morgan fingerprint density at radius 2 is 2.21 bits per heavy atom. The van der Waals surface area contributed by atoms with Crippen LogP contribution in [0.15, 0.2) is 50.8 Å². The molecule has 0 saturated carbocycles. The molecule has 0 bridgehead atoms. The van der Waals surface area contributed by atoms with Crippen molar-refractivity contribution >= 4 is 51.7 Å². The van der Waals surface area contributed by atoms with Gasteiger partial charge in [-0.3, -0.25) is 18.9 Å². The first-order valence-electron chi connectivity index (χ1n) is 10.7. The first-order valence-corrected chi connectivity index (χ1v) is 11.9. The normalized spacial score (nSPS) is 19.8. The van der Waals surface area contributed by atoms with Crippen molar-refractivity contribution in [2.75, 3.05) is 18.5 Å². The molecule has 2 aliphatic heterocycles. The van der Waals surface area contributed by atoms with E-state index >= 15 is 0 Å². The van der Waals surface area contributed by atoms with Gasteiger partial charge in [0.2, 0.25) is 0 Å². The van der Waals surface area contributed by atoms with Crippen LogP contribution < -0.4 is 10.9 Å². The zero-order valence-corrected chi connectivity index (χ0v) is 19.6. The van der Waals surface area contributed by atoms with Crippen LogP contribution in [-0.2, 0) is 16.1 Å². The topological polar surface area (TPSA) is 89.1 Å². The lowest BCUT2D eigenvalue weighted by Crippen LogP contribution is -2.27. The number of hydrogen-bond donors (Lipinski definition) is 1. The summed E-state index contributed by atoms with van der Waals surface area (Å²) in [7, 11) is 0. The van der Waals surface area contributed by atoms with Gasteiger partial charge in [0.05, 0.1) is 29.4 Å². The minimum atomic E-state index is -0.264. The third-order valence-electron chi connectivity index (χ3n) is 5.65. The van der Waals surface area contributed by atoms with Crippen molar-refractivity contribution < 1.29 is 13.9 Å². The largest absolute Gasteiger partial charge is 0.467 e. The van der Waals surface area contributed by atoms with Gasteiger partial charge in [0.25, 0.3) is 11.5 Å². The third kappa shape index (κ3) is 4.33. The zero-order valence-electron chi connectivity index (χ0n) is 17.9. The summed E-state index contributed by atoms with van der Waals surface area (Å²) in [5.74, 6) is 0.802. The van der Waals surface area contributed by atoms with Crippen molar-refractivity contribution in [1.29, 1.82) is 0 Å². The molecule has 170 valence electrons. The number of ether oxygens (including phenoxy) is 1. The van der Waals surface area contributed by atoms with Gasteiger partial charge < -0.3 is 14.5 Å². The Morgan fingerprint density at radius 1 is 1.33 bits per heavy atom. The average molecular weight is 483 g/mol. The molecule has 3 aromatic rings. The Morgan fingerprint density at radius 3 is 2.97 bits per heavy atom. The SMILES string of the molecule is Cc1cccn2c(=O)c(/C=C3\SC(=S)N(Cc4ccco4)C3=O)c(NC[C@@H]3CCCO3)nc12. The maximum atomic E-state index is 13.4. The smallest absolute Gasteiger partial charge is 0.267 e. The molecular formula is C23H22N4O4S2. The lowest BCUT2D eigenvalue weighted by molar-refractivity contribution is -0.122. The van der Waals surface area contributed by atoms with E-state index in [0.29, 0.717) is 38.6 Å². The van der Waals surface area contributed by atoms with E-state index in [9.17, 15) is 9.59 Å². The molecule has 2 saturated heterocycles. The molecule has 0 aliphatic carbocycles. The van der Waals surface area contributed by atoms with E-state index in [1.807, 2.05) is 13.0 Å². The van der Waals surface area contributed by atoms with Crippen molar-refractivity contribution in [1.82, 2.24) is 14.3 Å². The Bertz CT molecular complexity index is 1310. The molecule has 1 N–H and O–H groups in total. The van der Waals surface area contributed by atoms with Gasteiger partial charge in [-0.15, -0.1) is 0 Å². The monoisotopic (exact) mass is 482 g/mol. The molecular weight excluding hydrogens is 460 g/mol. The maximum Gasteiger partial charge on any atom is 0.267 e. The number of amides is 1.